The molecular formula is C15H20N4OS. The van der Waals surface area contributed by atoms with Crippen molar-refractivity contribution in [3.8, 4) is 0 Å². The first-order valence-electron chi connectivity index (χ1n) is 7.12. The molecule has 0 aromatic carbocycles. The van der Waals surface area contributed by atoms with Crippen LogP contribution in [0.3, 0.4) is 0 Å². The van der Waals surface area contributed by atoms with Crippen molar-refractivity contribution in [1.29, 1.82) is 0 Å². The number of nitrogens with zero attached hydrogens (tertiary/aromatic N) is 3. The van der Waals surface area contributed by atoms with Gasteiger partial charge >= 0.3 is 0 Å². The van der Waals surface area contributed by atoms with Crippen molar-refractivity contribution < 1.29 is 4.74 Å². The topological polar surface area (TPSA) is 50.3 Å². The summed E-state index contributed by atoms with van der Waals surface area (Å²) in [4.78, 5) is 11.6. The maximum atomic E-state index is 5.66. The number of aryl methyl sites for hydroxylation is 1. The molecule has 1 aliphatic heterocycles. The first-order chi connectivity index (χ1) is 10.3. The van der Waals surface area contributed by atoms with Gasteiger partial charge in [-0.25, -0.2) is 9.97 Å². The van der Waals surface area contributed by atoms with Crippen molar-refractivity contribution >= 4 is 17.2 Å². The summed E-state index contributed by atoms with van der Waals surface area (Å²) in [7, 11) is 1.88. The second-order valence-corrected chi connectivity index (χ2v) is 5.98. The Bertz CT molecular complexity index is 587. The van der Waals surface area contributed by atoms with Crippen molar-refractivity contribution in [2.45, 2.75) is 19.5 Å². The van der Waals surface area contributed by atoms with Crippen LogP contribution in [0.25, 0.3) is 0 Å². The van der Waals surface area contributed by atoms with Crippen molar-refractivity contribution in [3.63, 3.8) is 0 Å². The van der Waals surface area contributed by atoms with Gasteiger partial charge in [0.05, 0.1) is 19.3 Å². The van der Waals surface area contributed by atoms with Crippen LogP contribution in [0, 0.1) is 6.92 Å². The predicted molar refractivity (Wildman–Crippen MR) is 84.6 cm³/mol. The lowest BCUT2D eigenvalue weighted by atomic mass is 10.1. The van der Waals surface area contributed by atoms with Crippen molar-refractivity contribution in [1.82, 2.24) is 14.9 Å². The minimum Gasteiger partial charge on any atom is -0.378 e. The molecule has 3 heterocycles. The molecule has 6 heteroatoms. The highest BCUT2D eigenvalue weighted by Gasteiger charge is 2.27. The van der Waals surface area contributed by atoms with E-state index in [9.17, 15) is 0 Å². The first kappa shape index (κ1) is 14.4. The lowest BCUT2D eigenvalue weighted by molar-refractivity contribution is -0.0158. The lowest BCUT2D eigenvalue weighted by Crippen LogP contribution is -2.39. The number of rotatable bonds is 4. The van der Waals surface area contributed by atoms with Crippen LogP contribution < -0.4 is 5.32 Å². The van der Waals surface area contributed by atoms with Gasteiger partial charge in [-0.2, -0.15) is 11.3 Å². The highest BCUT2D eigenvalue weighted by atomic mass is 32.1. The molecule has 0 saturated carbocycles. The normalized spacial score (nSPS) is 19.6. The van der Waals surface area contributed by atoms with Gasteiger partial charge in [0.1, 0.15) is 11.6 Å². The van der Waals surface area contributed by atoms with E-state index < -0.39 is 0 Å². The Balaban J connectivity index is 1.85. The maximum absolute atomic E-state index is 5.66. The predicted octanol–water partition coefficient (Wildman–Crippen LogP) is 2.46. The van der Waals surface area contributed by atoms with E-state index in [1.54, 1.807) is 11.3 Å². The van der Waals surface area contributed by atoms with Crippen LogP contribution in [0.2, 0.25) is 0 Å². The standard InChI is InChI=1S/C15H20N4OS/c1-11-7-14(16-2)18-15(17-11)13-9-20-5-4-19(13)8-12-3-6-21-10-12/h3,6-7,10,13H,4-5,8-9H2,1-2H3,(H,16,17,18). The van der Waals surface area contributed by atoms with Crippen molar-refractivity contribution in [3.05, 3.63) is 40.0 Å². The summed E-state index contributed by atoms with van der Waals surface area (Å²) in [5, 5.41) is 7.41. The SMILES string of the molecule is CNc1cc(C)nc(C2COCCN2Cc2ccsc2)n1. The van der Waals surface area contributed by atoms with E-state index in [0.717, 1.165) is 37.0 Å². The van der Waals surface area contributed by atoms with E-state index in [1.165, 1.54) is 5.56 Å². The molecule has 1 fully saturated rings. The van der Waals surface area contributed by atoms with Crippen LogP contribution >= 0.6 is 11.3 Å². The summed E-state index contributed by atoms with van der Waals surface area (Å²) in [6.07, 6.45) is 0. The van der Waals surface area contributed by atoms with E-state index in [2.05, 4.69) is 37.0 Å². The molecule has 5 nitrogen and oxygen atoms in total. The largest absolute Gasteiger partial charge is 0.378 e. The number of aromatic nitrogens is 2. The van der Waals surface area contributed by atoms with Gasteiger partial charge in [-0.1, -0.05) is 0 Å². The fraction of sp³-hybridized carbons (Fsp3) is 0.467. The molecule has 3 rings (SSSR count). The Morgan fingerprint density at radius 3 is 3.14 bits per heavy atom. The molecule has 1 atom stereocenters. The molecule has 1 aliphatic rings. The number of nitrogens with one attached hydrogen (secondary N) is 1. The molecule has 1 saturated heterocycles. The Labute approximate surface area is 129 Å². The van der Waals surface area contributed by atoms with Gasteiger partial charge in [-0.15, -0.1) is 0 Å². The molecule has 0 aliphatic carbocycles. The van der Waals surface area contributed by atoms with Crippen LogP contribution in [0.5, 0.6) is 0 Å². The van der Waals surface area contributed by atoms with Crippen molar-refractivity contribution in [2.75, 3.05) is 32.1 Å². The fourth-order valence-corrected chi connectivity index (χ4v) is 3.21. The molecule has 112 valence electrons. The molecule has 0 spiro atoms. The second kappa shape index (κ2) is 6.51. The van der Waals surface area contributed by atoms with Gasteiger partial charge in [-0.3, -0.25) is 4.90 Å². The molecular weight excluding hydrogens is 284 g/mol. The van der Waals surface area contributed by atoms with Crippen molar-refractivity contribution in [2.24, 2.45) is 0 Å². The zero-order valence-corrected chi connectivity index (χ0v) is 13.2. The summed E-state index contributed by atoms with van der Waals surface area (Å²) in [6.45, 7) is 5.25. The highest BCUT2D eigenvalue weighted by molar-refractivity contribution is 7.07. The highest BCUT2D eigenvalue weighted by Crippen LogP contribution is 2.25. The minimum atomic E-state index is 0.116. The molecule has 2 aromatic heterocycles. The Morgan fingerprint density at radius 1 is 1.48 bits per heavy atom. The summed E-state index contributed by atoms with van der Waals surface area (Å²) in [6, 6.07) is 4.25. The number of hydrogen-bond donors (Lipinski definition) is 1. The van der Waals surface area contributed by atoms with E-state index >= 15 is 0 Å². The van der Waals surface area contributed by atoms with E-state index in [4.69, 9.17) is 4.74 Å². The van der Waals surface area contributed by atoms with Crippen LogP contribution in [0.15, 0.2) is 22.9 Å². The number of anilines is 1. The van der Waals surface area contributed by atoms with Gasteiger partial charge in [0.2, 0.25) is 0 Å². The van der Waals surface area contributed by atoms with Crippen LogP contribution in [0.4, 0.5) is 5.82 Å². The zero-order valence-electron chi connectivity index (χ0n) is 12.4. The maximum Gasteiger partial charge on any atom is 0.150 e. The second-order valence-electron chi connectivity index (χ2n) is 5.20. The van der Waals surface area contributed by atoms with Gasteiger partial charge in [0.15, 0.2) is 0 Å². The Kier molecular flexibility index (Phi) is 4.48. The molecule has 0 bridgehead atoms. The lowest BCUT2D eigenvalue weighted by Gasteiger charge is -2.34. The van der Waals surface area contributed by atoms with Crippen LogP contribution in [-0.4, -0.2) is 41.7 Å². The minimum absolute atomic E-state index is 0.116. The van der Waals surface area contributed by atoms with Crippen LogP contribution in [0.1, 0.15) is 23.1 Å². The number of morpholine rings is 1. The monoisotopic (exact) mass is 304 g/mol. The quantitative estimate of drug-likeness (QED) is 0.940. The van der Waals surface area contributed by atoms with Gasteiger partial charge in [0.25, 0.3) is 0 Å². The average molecular weight is 304 g/mol. The smallest absolute Gasteiger partial charge is 0.150 e. The zero-order chi connectivity index (χ0) is 14.7. The van der Waals surface area contributed by atoms with Gasteiger partial charge in [0, 0.05) is 31.9 Å². The summed E-state index contributed by atoms with van der Waals surface area (Å²) in [5.74, 6) is 1.70. The molecule has 1 N–H and O–H groups in total. The third-order valence-electron chi connectivity index (χ3n) is 3.63. The van der Waals surface area contributed by atoms with E-state index in [0.29, 0.717) is 6.61 Å². The summed E-state index contributed by atoms with van der Waals surface area (Å²) in [5.41, 5.74) is 2.32. The molecule has 0 amide bonds. The Morgan fingerprint density at radius 2 is 2.38 bits per heavy atom. The number of hydrogen-bond acceptors (Lipinski definition) is 6. The third-order valence-corrected chi connectivity index (χ3v) is 4.36. The molecule has 2 aromatic rings. The molecule has 21 heavy (non-hydrogen) atoms. The van der Waals surface area contributed by atoms with E-state index in [-0.39, 0.29) is 6.04 Å². The molecule has 1 unspecified atom stereocenters. The van der Waals surface area contributed by atoms with E-state index in [1.807, 2.05) is 20.0 Å². The fourth-order valence-electron chi connectivity index (χ4n) is 2.55. The van der Waals surface area contributed by atoms with Gasteiger partial charge < -0.3 is 10.1 Å². The Hall–Kier alpha value is -1.50. The van der Waals surface area contributed by atoms with Crippen LogP contribution in [-0.2, 0) is 11.3 Å². The van der Waals surface area contributed by atoms with Gasteiger partial charge in [-0.05, 0) is 29.3 Å². The third kappa shape index (κ3) is 3.40. The summed E-state index contributed by atoms with van der Waals surface area (Å²) >= 11 is 1.73. The average Bonchev–Trinajstić information content (AvgIpc) is 3.00. The summed E-state index contributed by atoms with van der Waals surface area (Å²) < 4.78 is 5.66. The first-order valence-corrected chi connectivity index (χ1v) is 8.07. The number of thiophene rings is 1. The number of ether oxygens (including phenoxy) is 1. The molecule has 0 radical (unpaired) electrons.